The van der Waals surface area contributed by atoms with E-state index in [1.165, 1.54) is 0 Å². The molecule has 2 heterocycles. The molecule has 2 bridgehead atoms. The largest absolute Gasteiger partial charge is 0.461 e. The van der Waals surface area contributed by atoms with Crippen LogP contribution in [0.3, 0.4) is 0 Å². The molecule has 2 aliphatic heterocycles. The summed E-state index contributed by atoms with van der Waals surface area (Å²) in [5.74, 6) is -0.192. The Morgan fingerprint density at radius 3 is 2.67 bits per heavy atom. The molecule has 5 heteroatoms. The minimum absolute atomic E-state index is 0.0896. The highest BCUT2D eigenvalue weighted by Gasteiger charge is 2.62. The monoisotopic (exact) mass is 286 g/mol. The van der Waals surface area contributed by atoms with Crippen molar-refractivity contribution in [1.29, 1.82) is 0 Å². The topological polar surface area (TPSA) is 44.8 Å². The lowest BCUT2D eigenvalue weighted by atomic mass is 9.82. The Hall–Kier alpha value is -1.33. The first kappa shape index (κ1) is 14.6. The Morgan fingerprint density at radius 1 is 1.33 bits per heavy atom. The molecule has 3 rings (SSSR count). The highest BCUT2D eigenvalue weighted by atomic mass is 16.6. The van der Waals surface area contributed by atoms with Gasteiger partial charge < -0.3 is 14.2 Å². The van der Waals surface area contributed by atoms with Crippen LogP contribution in [0.5, 0.6) is 0 Å². The average molecular weight is 286 g/mol. The number of hydrogen-bond donors (Lipinski definition) is 0. The summed E-state index contributed by atoms with van der Waals surface area (Å²) in [6, 6.07) is 9.15. The lowest BCUT2D eigenvalue weighted by Gasteiger charge is -2.35. The molecule has 5 atom stereocenters. The first-order chi connectivity index (χ1) is 10.0. The Bertz CT molecular complexity index is 520. The zero-order valence-corrected chi connectivity index (χ0v) is 12.3. The van der Waals surface area contributed by atoms with Crippen LogP contribution in [-0.4, -0.2) is 37.6 Å². The van der Waals surface area contributed by atoms with E-state index in [-0.39, 0.29) is 37.1 Å². The molecule has 21 heavy (non-hydrogen) atoms. The molecule has 2 radical (unpaired) electrons. The predicted molar refractivity (Wildman–Crippen MR) is 77.7 cm³/mol. The lowest BCUT2D eigenvalue weighted by molar-refractivity contribution is -0.175. The van der Waals surface area contributed by atoms with Gasteiger partial charge in [0.05, 0.1) is 18.6 Å². The number of benzene rings is 1. The minimum Gasteiger partial charge on any atom is -0.461 e. The van der Waals surface area contributed by atoms with Gasteiger partial charge >= 0.3 is 5.97 Å². The maximum absolute atomic E-state index is 12.2. The number of carbonyl (C=O) groups excluding carboxylic acids is 1. The molecule has 0 amide bonds. The molecule has 1 aromatic rings. The van der Waals surface area contributed by atoms with Gasteiger partial charge in [0.25, 0.3) is 0 Å². The Labute approximate surface area is 126 Å². The molecule has 1 aromatic carbocycles. The van der Waals surface area contributed by atoms with Gasteiger partial charge in [-0.05, 0) is 12.5 Å². The summed E-state index contributed by atoms with van der Waals surface area (Å²) >= 11 is 0. The van der Waals surface area contributed by atoms with E-state index in [0.717, 1.165) is 5.56 Å². The van der Waals surface area contributed by atoms with Crippen molar-refractivity contribution in [3.63, 3.8) is 0 Å². The number of carbonyl (C=O) groups is 1. The maximum atomic E-state index is 12.2. The van der Waals surface area contributed by atoms with E-state index in [0.29, 0.717) is 0 Å². The molecule has 0 aliphatic carbocycles. The van der Waals surface area contributed by atoms with Crippen molar-refractivity contribution in [3.8, 4) is 0 Å². The second kappa shape index (κ2) is 5.46. The van der Waals surface area contributed by atoms with Crippen LogP contribution in [0.2, 0.25) is 0 Å². The van der Waals surface area contributed by atoms with Crippen molar-refractivity contribution in [3.05, 3.63) is 35.9 Å². The highest BCUT2D eigenvalue weighted by molar-refractivity contribution is 6.11. The summed E-state index contributed by atoms with van der Waals surface area (Å²) in [5, 5.41) is 0. The van der Waals surface area contributed by atoms with Gasteiger partial charge in [0, 0.05) is 11.9 Å². The SMILES string of the molecule is [B][C@@H]1O[C@]2(CC(=O)OCc3ccccc3)C(C)O[C@H]1C2C. The van der Waals surface area contributed by atoms with E-state index >= 15 is 0 Å². The lowest BCUT2D eigenvalue weighted by Crippen LogP contribution is -2.46. The minimum atomic E-state index is -0.655. The average Bonchev–Trinajstić information content (AvgIpc) is 2.84. The van der Waals surface area contributed by atoms with Crippen LogP contribution in [0.4, 0.5) is 0 Å². The molecule has 0 N–H and O–H groups in total. The van der Waals surface area contributed by atoms with E-state index < -0.39 is 11.6 Å². The zero-order valence-electron chi connectivity index (χ0n) is 12.3. The summed E-state index contributed by atoms with van der Waals surface area (Å²) in [7, 11) is 5.90. The molecule has 2 aliphatic rings. The third-order valence-corrected chi connectivity index (χ3v) is 4.66. The number of esters is 1. The molecule has 2 unspecified atom stereocenters. The molecule has 4 nitrogen and oxygen atoms in total. The van der Waals surface area contributed by atoms with Crippen LogP contribution >= 0.6 is 0 Å². The molecule has 2 saturated heterocycles. The van der Waals surface area contributed by atoms with Gasteiger partial charge in [0.15, 0.2) is 0 Å². The first-order valence-electron chi connectivity index (χ1n) is 7.31. The van der Waals surface area contributed by atoms with E-state index in [4.69, 9.17) is 22.1 Å². The number of rotatable bonds is 4. The first-order valence-corrected chi connectivity index (χ1v) is 7.31. The van der Waals surface area contributed by atoms with E-state index in [1.807, 2.05) is 44.2 Å². The van der Waals surface area contributed by atoms with Crippen molar-refractivity contribution in [2.75, 3.05) is 0 Å². The number of ether oxygens (including phenoxy) is 3. The second-order valence-electron chi connectivity index (χ2n) is 5.89. The predicted octanol–water partition coefficient (Wildman–Crippen LogP) is 1.81. The number of fused-ring (bicyclic) bond motifs is 2. The fourth-order valence-electron chi connectivity index (χ4n) is 3.36. The third-order valence-electron chi connectivity index (χ3n) is 4.66. The summed E-state index contributed by atoms with van der Waals surface area (Å²) in [6.45, 7) is 4.22. The summed E-state index contributed by atoms with van der Waals surface area (Å²) in [6.07, 6.45) is -0.115. The van der Waals surface area contributed by atoms with Crippen molar-refractivity contribution in [1.82, 2.24) is 0 Å². The third kappa shape index (κ3) is 2.49. The molecular formula is C16H19BO4. The molecule has 0 saturated carbocycles. The molecule has 110 valence electrons. The van der Waals surface area contributed by atoms with E-state index in [2.05, 4.69) is 0 Å². The van der Waals surface area contributed by atoms with Gasteiger partial charge in [-0.3, -0.25) is 4.79 Å². The van der Waals surface area contributed by atoms with Crippen LogP contribution in [0.15, 0.2) is 30.3 Å². The van der Waals surface area contributed by atoms with Gasteiger partial charge in [-0.1, -0.05) is 37.3 Å². The summed E-state index contributed by atoms with van der Waals surface area (Å²) in [5.41, 5.74) is 0.312. The van der Waals surface area contributed by atoms with Crippen LogP contribution < -0.4 is 0 Å². The Morgan fingerprint density at radius 2 is 2.05 bits per heavy atom. The standard InChI is InChI=1S/C16H19BO4/c1-10-14-15(17)21-16(10,11(2)20-14)8-13(18)19-9-12-6-4-3-5-7-12/h3-7,10-11,14-15H,8-9H2,1-2H3/t10?,11?,14-,15+,16-/m0/s1. The Kier molecular flexibility index (Phi) is 3.80. The molecular weight excluding hydrogens is 267 g/mol. The van der Waals surface area contributed by atoms with Gasteiger partial charge in [-0.2, -0.15) is 0 Å². The molecule has 2 fully saturated rings. The van der Waals surface area contributed by atoms with Gasteiger partial charge in [0.1, 0.15) is 20.1 Å². The van der Waals surface area contributed by atoms with Crippen LogP contribution in [-0.2, 0) is 25.6 Å². The van der Waals surface area contributed by atoms with Crippen LogP contribution in [0.1, 0.15) is 25.8 Å². The van der Waals surface area contributed by atoms with Gasteiger partial charge in [-0.15, -0.1) is 0 Å². The normalized spacial score (nSPS) is 37.6. The zero-order chi connectivity index (χ0) is 15.0. The molecule has 0 spiro atoms. The summed E-state index contributed by atoms with van der Waals surface area (Å²) in [4.78, 5) is 12.2. The fraction of sp³-hybridized carbons (Fsp3) is 0.562. The van der Waals surface area contributed by atoms with Crippen LogP contribution in [0.25, 0.3) is 0 Å². The number of hydrogen-bond acceptors (Lipinski definition) is 4. The van der Waals surface area contributed by atoms with Crippen molar-refractivity contribution in [2.45, 2.75) is 50.7 Å². The van der Waals surface area contributed by atoms with Crippen molar-refractivity contribution in [2.24, 2.45) is 5.92 Å². The van der Waals surface area contributed by atoms with E-state index in [1.54, 1.807) is 0 Å². The highest BCUT2D eigenvalue weighted by Crippen LogP contribution is 2.49. The quantitative estimate of drug-likeness (QED) is 0.625. The van der Waals surface area contributed by atoms with Crippen LogP contribution in [0, 0.1) is 5.92 Å². The smallest absolute Gasteiger partial charge is 0.309 e. The molecule has 0 aromatic heterocycles. The van der Waals surface area contributed by atoms with E-state index in [9.17, 15) is 4.79 Å². The van der Waals surface area contributed by atoms with Gasteiger partial charge in [-0.25, -0.2) is 0 Å². The van der Waals surface area contributed by atoms with Crippen molar-refractivity contribution >= 4 is 13.8 Å². The van der Waals surface area contributed by atoms with Gasteiger partial charge in [0.2, 0.25) is 0 Å². The Balaban J connectivity index is 1.62. The summed E-state index contributed by atoms with van der Waals surface area (Å²) < 4.78 is 17.0. The second-order valence-corrected chi connectivity index (χ2v) is 5.89. The maximum Gasteiger partial charge on any atom is 0.309 e. The fourth-order valence-corrected chi connectivity index (χ4v) is 3.36. The van der Waals surface area contributed by atoms with Crippen molar-refractivity contribution < 1.29 is 19.0 Å².